The van der Waals surface area contributed by atoms with E-state index in [1.165, 1.54) is 0 Å². The maximum Gasteiger partial charge on any atom is 0.104 e. The smallest absolute Gasteiger partial charge is 0.104 e. The summed E-state index contributed by atoms with van der Waals surface area (Å²) in [5, 5.41) is 0. The molecule has 2 aliphatic heterocycles. The molecule has 2 fully saturated rings. The van der Waals surface area contributed by atoms with Crippen molar-refractivity contribution >= 4 is 0 Å². The quantitative estimate of drug-likeness (QED) is 0.559. The first-order valence-electron chi connectivity index (χ1n) is 6.16. The molecule has 0 amide bonds. The van der Waals surface area contributed by atoms with Crippen molar-refractivity contribution in [3.63, 3.8) is 0 Å². The third kappa shape index (κ3) is 5.25. The molecular weight excluding hydrogens is 208 g/mol. The van der Waals surface area contributed by atoms with E-state index in [0.29, 0.717) is 24.2 Å². The van der Waals surface area contributed by atoms with Gasteiger partial charge in [-0.2, -0.15) is 0 Å². The molecule has 2 saturated heterocycles. The van der Waals surface area contributed by atoms with Crippen molar-refractivity contribution < 1.29 is 18.9 Å². The highest BCUT2D eigenvalue weighted by atomic mass is 16.6. The Balaban J connectivity index is 1.45. The molecular formula is C12H22O4. The van der Waals surface area contributed by atoms with E-state index in [9.17, 15) is 0 Å². The van der Waals surface area contributed by atoms with Crippen molar-refractivity contribution in [2.24, 2.45) is 5.92 Å². The van der Waals surface area contributed by atoms with Crippen molar-refractivity contribution in [1.29, 1.82) is 0 Å². The van der Waals surface area contributed by atoms with Gasteiger partial charge in [0.05, 0.1) is 32.5 Å². The molecule has 4 atom stereocenters. The van der Waals surface area contributed by atoms with Gasteiger partial charge in [-0.15, -0.1) is 0 Å². The lowest BCUT2D eigenvalue weighted by molar-refractivity contribution is 0.0223. The molecule has 16 heavy (non-hydrogen) atoms. The fraction of sp³-hybridized carbons (Fsp3) is 1.00. The molecule has 0 aliphatic carbocycles. The number of hydrogen-bond acceptors (Lipinski definition) is 4. The van der Waals surface area contributed by atoms with Crippen LogP contribution < -0.4 is 0 Å². The molecule has 4 nitrogen and oxygen atoms in total. The zero-order valence-electron chi connectivity index (χ0n) is 10.2. The van der Waals surface area contributed by atoms with Crippen molar-refractivity contribution in [2.75, 3.05) is 33.0 Å². The zero-order chi connectivity index (χ0) is 11.4. The summed E-state index contributed by atoms with van der Waals surface area (Å²) in [6.45, 7) is 8.33. The van der Waals surface area contributed by atoms with Gasteiger partial charge < -0.3 is 18.9 Å². The summed E-state index contributed by atoms with van der Waals surface area (Å²) in [5.41, 5.74) is 0. The third-order valence-electron chi connectivity index (χ3n) is 2.81. The fourth-order valence-corrected chi connectivity index (χ4v) is 1.70. The van der Waals surface area contributed by atoms with E-state index in [4.69, 9.17) is 18.9 Å². The van der Waals surface area contributed by atoms with Gasteiger partial charge in [0, 0.05) is 6.61 Å². The van der Waals surface area contributed by atoms with Crippen LogP contribution in [0, 0.1) is 5.92 Å². The highest BCUT2D eigenvalue weighted by Crippen LogP contribution is 2.15. The predicted octanol–water partition coefficient (Wildman–Crippen LogP) is 1.23. The van der Waals surface area contributed by atoms with E-state index >= 15 is 0 Å². The molecule has 4 unspecified atom stereocenters. The summed E-state index contributed by atoms with van der Waals surface area (Å²) in [5.74, 6) is 0.536. The van der Waals surface area contributed by atoms with Crippen molar-refractivity contribution in [3.8, 4) is 0 Å². The van der Waals surface area contributed by atoms with E-state index in [1.54, 1.807) is 0 Å². The molecule has 2 aliphatic rings. The molecule has 2 rings (SSSR count). The SMILES string of the molecule is CC(COCC1CO1)CC(C)OCC1CO1. The summed E-state index contributed by atoms with van der Waals surface area (Å²) in [4.78, 5) is 0. The summed E-state index contributed by atoms with van der Waals surface area (Å²) in [6.07, 6.45) is 2.06. The van der Waals surface area contributed by atoms with E-state index in [1.807, 2.05) is 0 Å². The van der Waals surface area contributed by atoms with Gasteiger partial charge in [-0.1, -0.05) is 6.92 Å². The second-order valence-electron chi connectivity index (χ2n) is 4.93. The molecule has 0 aromatic heterocycles. The normalized spacial score (nSPS) is 31.1. The Morgan fingerprint density at radius 3 is 2.38 bits per heavy atom. The van der Waals surface area contributed by atoms with Crippen molar-refractivity contribution in [1.82, 2.24) is 0 Å². The summed E-state index contributed by atoms with van der Waals surface area (Å²) >= 11 is 0. The first-order chi connectivity index (χ1) is 7.74. The van der Waals surface area contributed by atoms with E-state index in [2.05, 4.69) is 13.8 Å². The Morgan fingerprint density at radius 2 is 1.75 bits per heavy atom. The highest BCUT2D eigenvalue weighted by Gasteiger charge is 2.24. The average Bonchev–Trinajstić information content (AvgIpc) is 3.10. The van der Waals surface area contributed by atoms with Crippen LogP contribution in [0.5, 0.6) is 0 Å². The summed E-state index contributed by atoms with van der Waals surface area (Å²) < 4.78 is 21.4. The maximum atomic E-state index is 5.67. The lowest BCUT2D eigenvalue weighted by atomic mass is 10.1. The van der Waals surface area contributed by atoms with Crippen LogP contribution in [0.4, 0.5) is 0 Å². The van der Waals surface area contributed by atoms with E-state index < -0.39 is 0 Å². The minimum absolute atomic E-state index is 0.292. The second kappa shape index (κ2) is 5.96. The molecule has 4 heteroatoms. The van der Waals surface area contributed by atoms with Crippen LogP contribution in [-0.4, -0.2) is 51.3 Å². The number of hydrogen-bond donors (Lipinski definition) is 0. The van der Waals surface area contributed by atoms with E-state index in [0.717, 1.165) is 39.5 Å². The predicted molar refractivity (Wildman–Crippen MR) is 59.5 cm³/mol. The van der Waals surface area contributed by atoms with Crippen LogP contribution in [0.2, 0.25) is 0 Å². The number of rotatable bonds is 9. The molecule has 0 aromatic rings. The topological polar surface area (TPSA) is 43.5 Å². The number of ether oxygens (including phenoxy) is 4. The van der Waals surface area contributed by atoms with Crippen molar-refractivity contribution in [2.45, 2.75) is 38.6 Å². The summed E-state index contributed by atoms with van der Waals surface area (Å²) in [6, 6.07) is 0. The molecule has 0 saturated carbocycles. The van der Waals surface area contributed by atoms with Gasteiger partial charge in [-0.25, -0.2) is 0 Å². The minimum atomic E-state index is 0.292. The van der Waals surface area contributed by atoms with Gasteiger partial charge in [0.25, 0.3) is 0 Å². The van der Waals surface area contributed by atoms with Gasteiger partial charge >= 0.3 is 0 Å². The Labute approximate surface area is 97.2 Å². The average molecular weight is 230 g/mol. The minimum Gasteiger partial charge on any atom is -0.378 e. The maximum absolute atomic E-state index is 5.67. The molecule has 0 spiro atoms. The van der Waals surface area contributed by atoms with Crippen molar-refractivity contribution in [3.05, 3.63) is 0 Å². The Bertz CT molecular complexity index is 201. The zero-order valence-corrected chi connectivity index (χ0v) is 10.2. The number of epoxide rings is 2. The van der Waals surface area contributed by atoms with Gasteiger partial charge in [0.1, 0.15) is 12.2 Å². The molecule has 0 radical (unpaired) electrons. The molecule has 2 heterocycles. The lowest BCUT2D eigenvalue weighted by Crippen LogP contribution is -2.19. The van der Waals surface area contributed by atoms with Gasteiger partial charge in [0.15, 0.2) is 0 Å². The van der Waals surface area contributed by atoms with Gasteiger partial charge in [-0.05, 0) is 19.3 Å². The fourth-order valence-electron chi connectivity index (χ4n) is 1.70. The van der Waals surface area contributed by atoms with Crippen LogP contribution in [0.3, 0.4) is 0 Å². The van der Waals surface area contributed by atoms with Crippen LogP contribution in [0.1, 0.15) is 20.3 Å². The lowest BCUT2D eigenvalue weighted by Gasteiger charge is -2.17. The van der Waals surface area contributed by atoms with Crippen LogP contribution >= 0.6 is 0 Å². The first kappa shape index (κ1) is 12.3. The standard InChI is InChI=1S/C12H22O4/c1-9(4-13-5-11-7-15-11)3-10(2)14-6-12-8-16-12/h9-12H,3-8H2,1-2H3. The second-order valence-corrected chi connectivity index (χ2v) is 4.93. The molecule has 0 aromatic carbocycles. The van der Waals surface area contributed by atoms with Crippen LogP contribution in [-0.2, 0) is 18.9 Å². The Morgan fingerprint density at radius 1 is 1.12 bits per heavy atom. The molecule has 0 bridgehead atoms. The van der Waals surface area contributed by atoms with Crippen LogP contribution in [0.25, 0.3) is 0 Å². The van der Waals surface area contributed by atoms with Crippen LogP contribution in [0.15, 0.2) is 0 Å². The van der Waals surface area contributed by atoms with Gasteiger partial charge in [0.2, 0.25) is 0 Å². The Kier molecular flexibility index (Phi) is 4.58. The summed E-state index contributed by atoms with van der Waals surface area (Å²) in [7, 11) is 0. The largest absolute Gasteiger partial charge is 0.378 e. The Hall–Kier alpha value is -0.160. The first-order valence-corrected chi connectivity index (χ1v) is 6.16. The molecule has 94 valence electrons. The highest BCUT2D eigenvalue weighted by molar-refractivity contribution is 4.70. The van der Waals surface area contributed by atoms with Gasteiger partial charge in [-0.3, -0.25) is 0 Å². The molecule has 0 N–H and O–H groups in total. The van der Waals surface area contributed by atoms with E-state index in [-0.39, 0.29) is 0 Å². The third-order valence-corrected chi connectivity index (χ3v) is 2.81. The monoisotopic (exact) mass is 230 g/mol.